The summed E-state index contributed by atoms with van der Waals surface area (Å²) in [5.74, 6) is -0.989. The summed E-state index contributed by atoms with van der Waals surface area (Å²) in [4.78, 5) is 13.8. The normalized spacial score (nSPS) is 15.2. The molecule has 72 valence electrons. The molecular formula is C9H14N2O2. The average molecular weight is 182 g/mol. The van der Waals surface area contributed by atoms with Gasteiger partial charge in [0.25, 0.3) is 0 Å². The topological polar surface area (TPSA) is 79.1 Å². The number of aliphatic carboxylic acids is 1. The predicted molar refractivity (Wildman–Crippen MR) is 49.2 cm³/mol. The number of carboxylic acids is 1. The van der Waals surface area contributed by atoms with Crippen LogP contribution in [0.2, 0.25) is 0 Å². The number of rotatable bonds is 4. The van der Waals surface area contributed by atoms with E-state index in [-0.39, 0.29) is 0 Å². The van der Waals surface area contributed by atoms with Gasteiger partial charge in [-0.25, -0.2) is 4.79 Å². The molecule has 1 rings (SSSR count). The first-order valence-corrected chi connectivity index (χ1v) is 4.27. The van der Waals surface area contributed by atoms with E-state index >= 15 is 0 Å². The minimum absolute atomic E-state index is 0.433. The van der Waals surface area contributed by atoms with Crippen LogP contribution in [-0.2, 0) is 10.3 Å². The number of hydrogen-bond donors (Lipinski definition) is 3. The van der Waals surface area contributed by atoms with Gasteiger partial charge in [-0.3, -0.25) is 0 Å². The van der Waals surface area contributed by atoms with E-state index in [0.29, 0.717) is 12.1 Å². The minimum atomic E-state index is -1.27. The van der Waals surface area contributed by atoms with Crippen LogP contribution in [0, 0.1) is 0 Å². The molecule has 4 nitrogen and oxygen atoms in total. The van der Waals surface area contributed by atoms with Gasteiger partial charge >= 0.3 is 5.97 Å². The number of nitrogens with two attached hydrogens (primary N) is 1. The SMILES string of the molecule is CCCC(N)(C(=O)O)c1ccc[nH]1. The molecule has 1 atom stereocenters. The summed E-state index contributed by atoms with van der Waals surface area (Å²) in [5, 5.41) is 8.99. The molecule has 0 bridgehead atoms. The van der Waals surface area contributed by atoms with Crippen molar-refractivity contribution in [3.05, 3.63) is 24.0 Å². The second-order valence-corrected chi connectivity index (χ2v) is 3.11. The fraction of sp³-hybridized carbons (Fsp3) is 0.444. The standard InChI is InChI=1S/C9H14N2O2/c1-2-5-9(10,8(12)13)7-4-3-6-11-7/h3-4,6,11H,2,5,10H2,1H3,(H,12,13). The molecule has 0 aliphatic carbocycles. The highest BCUT2D eigenvalue weighted by Gasteiger charge is 2.35. The molecule has 13 heavy (non-hydrogen) atoms. The van der Waals surface area contributed by atoms with Crippen LogP contribution in [-0.4, -0.2) is 16.1 Å². The van der Waals surface area contributed by atoms with Gasteiger partial charge in [0.15, 0.2) is 5.54 Å². The van der Waals surface area contributed by atoms with Gasteiger partial charge in [0.1, 0.15) is 0 Å². The van der Waals surface area contributed by atoms with E-state index in [1.807, 2.05) is 6.92 Å². The number of nitrogens with one attached hydrogen (secondary N) is 1. The van der Waals surface area contributed by atoms with Crippen LogP contribution < -0.4 is 5.73 Å². The Bertz CT molecular complexity index is 282. The third kappa shape index (κ3) is 1.72. The summed E-state index contributed by atoms with van der Waals surface area (Å²) in [6.07, 6.45) is 2.85. The van der Waals surface area contributed by atoms with Crippen molar-refractivity contribution >= 4 is 5.97 Å². The summed E-state index contributed by atoms with van der Waals surface area (Å²) in [6.45, 7) is 1.91. The lowest BCUT2D eigenvalue weighted by atomic mass is 9.91. The summed E-state index contributed by atoms with van der Waals surface area (Å²) in [7, 11) is 0. The molecule has 1 aromatic heterocycles. The fourth-order valence-corrected chi connectivity index (χ4v) is 1.36. The summed E-state index contributed by atoms with van der Waals surface area (Å²) in [5.41, 5.74) is 5.08. The van der Waals surface area contributed by atoms with Crippen LogP contribution in [0.3, 0.4) is 0 Å². The molecule has 1 heterocycles. The van der Waals surface area contributed by atoms with E-state index < -0.39 is 11.5 Å². The molecule has 0 aliphatic rings. The maximum atomic E-state index is 11.0. The van der Waals surface area contributed by atoms with Crippen molar-refractivity contribution in [2.45, 2.75) is 25.3 Å². The van der Waals surface area contributed by atoms with E-state index in [1.165, 1.54) is 0 Å². The molecule has 4 heteroatoms. The van der Waals surface area contributed by atoms with Crippen molar-refractivity contribution in [3.8, 4) is 0 Å². The highest BCUT2D eigenvalue weighted by molar-refractivity contribution is 5.79. The first kappa shape index (κ1) is 9.80. The Morgan fingerprint density at radius 2 is 2.46 bits per heavy atom. The Morgan fingerprint density at radius 1 is 1.77 bits per heavy atom. The van der Waals surface area contributed by atoms with Crippen LogP contribution in [0.25, 0.3) is 0 Å². The lowest BCUT2D eigenvalue weighted by molar-refractivity contribution is -0.144. The maximum Gasteiger partial charge on any atom is 0.329 e. The Labute approximate surface area is 76.8 Å². The monoisotopic (exact) mass is 182 g/mol. The lowest BCUT2D eigenvalue weighted by Gasteiger charge is -2.22. The molecule has 0 aromatic carbocycles. The van der Waals surface area contributed by atoms with E-state index in [2.05, 4.69) is 4.98 Å². The quantitative estimate of drug-likeness (QED) is 0.651. The number of hydrogen-bond acceptors (Lipinski definition) is 2. The van der Waals surface area contributed by atoms with Gasteiger partial charge in [-0.1, -0.05) is 13.3 Å². The molecule has 0 fully saturated rings. The zero-order valence-electron chi connectivity index (χ0n) is 7.58. The number of H-pyrrole nitrogens is 1. The summed E-state index contributed by atoms with van der Waals surface area (Å²) in [6, 6.07) is 3.44. The number of aromatic nitrogens is 1. The van der Waals surface area contributed by atoms with Gasteiger partial charge in [-0.2, -0.15) is 0 Å². The van der Waals surface area contributed by atoms with Crippen LogP contribution >= 0.6 is 0 Å². The molecule has 0 saturated heterocycles. The second-order valence-electron chi connectivity index (χ2n) is 3.11. The first-order valence-electron chi connectivity index (χ1n) is 4.27. The third-order valence-electron chi connectivity index (χ3n) is 2.10. The van der Waals surface area contributed by atoms with Crippen molar-refractivity contribution in [3.63, 3.8) is 0 Å². The van der Waals surface area contributed by atoms with Gasteiger partial charge in [-0.15, -0.1) is 0 Å². The van der Waals surface area contributed by atoms with Gasteiger partial charge in [0.2, 0.25) is 0 Å². The molecule has 0 aliphatic heterocycles. The Hall–Kier alpha value is -1.29. The Morgan fingerprint density at radius 3 is 2.85 bits per heavy atom. The smallest absolute Gasteiger partial charge is 0.329 e. The molecule has 1 aromatic rings. The average Bonchev–Trinajstić information content (AvgIpc) is 2.56. The minimum Gasteiger partial charge on any atom is -0.480 e. The van der Waals surface area contributed by atoms with Gasteiger partial charge in [-0.05, 0) is 18.6 Å². The molecule has 1 unspecified atom stereocenters. The summed E-state index contributed by atoms with van der Waals surface area (Å²) < 4.78 is 0. The van der Waals surface area contributed by atoms with Crippen molar-refractivity contribution in [1.82, 2.24) is 4.98 Å². The molecule has 0 amide bonds. The fourth-order valence-electron chi connectivity index (χ4n) is 1.36. The van der Waals surface area contributed by atoms with E-state index in [4.69, 9.17) is 10.8 Å². The van der Waals surface area contributed by atoms with Crippen LogP contribution in [0.15, 0.2) is 18.3 Å². The largest absolute Gasteiger partial charge is 0.480 e. The highest BCUT2D eigenvalue weighted by Crippen LogP contribution is 2.22. The van der Waals surface area contributed by atoms with Crippen molar-refractivity contribution in [2.75, 3.05) is 0 Å². The molecule has 4 N–H and O–H groups in total. The number of aromatic amines is 1. The van der Waals surface area contributed by atoms with E-state index in [9.17, 15) is 4.79 Å². The Balaban J connectivity index is 2.98. The Kier molecular flexibility index (Phi) is 2.72. The van der Waals surface area contributed by atoms with Crippen LogP contribution in [0.5, 0.6) is 0 Å². The third-order valence-corrected chi connectivity index (χ3v) is 2.10. The van der Waals surface area contributed by atoms with Gasteiger partial charge in [0.05, 0.1) is 0 Å². The van der Waals surface area contributed by atoms with E-state index in [0.717, 1.165) is 6.42 Å². The summed E-state index contributed by atoms with van der Waals surface area (Å²) >= 11 is 0. The predicted octanol–water partition coefficient (Wildman–Crippen LogP) is 1.05. The number of carboxylic acid groups (broad SMARTS) is 1. The highest BCUT2D eigenvalue weighted by atomic mass is 16.4. The number of carbonyl (C=O) groups is 1. The molecular weight excluding hydrogens is 168 g/mol. The molecule has 0 saturated carbocycles. The zero-order chi connectivity index (χ0) is 9.90. The van der Waals surface area contributed by atoms with Crippen LogP contribution in [0.4, 0.5) is 0 Å². The lowest BCUT2D eigenvalue weighted by Crippen LogP contribution is -2.45. The van der Waals surface area contributed by atoms with Crippen LogP contribution in [0.1, 0.15) is 25.5 Å². The van der Waals surface area contributed by atoms with Crippen molar-refractivity contribution in [1.29, 1.82) is 0 Å². The van der Waals surface area contributed by atoms with E-state index in [1.54, 1.807) is 18.3 Å². The second kappa shape index (κ2) is 3.62. The molecule has 0 radical (unpaired) electrons. The van der Waals surface area contributed by atoms with Gasteiger partial charge in [0, 0.05) is 11.9 Å². The van der Waals surface area contributed by atoms with Gasteiger partial charge < -0.3 is 15.8 Å². The van der Waals surface area contributed by atoms with Crippen molar-refractivity contribution in [2.24, 2.45) is 5.73 Å². The first-order chi connectivity index (χ1) is 6.11. The zero-order valence-corrected chi connectivity index (χ0v) is 7.58. The van der Waals surface area contributed by atoms with Crippen molar-refractivity contribution < 1.29 is 9.90 Å². The molecule has 0 spiro atoms. The maximum absolute atomic E-state index is 11.0.